The molecule has 0 bridgehead atoms. The van der Waals surface area contributed by atoms with Crippen molar-refractivity contribution in [2.45, 2.75) is 40.2 Å². The van der Waals surface area contributed by atoms with E-state index >= 15 is 0 Å². The summed E-state index contributed by atoms with van der Waals surface area (Å²) in [6.07, 6.45) is 0.924. The van der Waals surface area contributed by atoms with Crippen LogP contribution in [0.2, 0.25) is 0 Å². The average molecular weight is 372 g/mol. The van der Waals surface area contributed by atoms with Gasteiger partial charge in [0.1, 0.15) is 5.75 Å². The van der Waals surface area contributed by atoms with Gasteiger partial charge in [-0.3, -0.25) is 4.79 Å². The Balaban J connectivity index is 1.96. The topological polar surface area (TPSA) is 69.6 Å². The molecule has 0 radical (unpaired) electrons. The molecule has 1 aromatic heterocycles. The molecule has 1 amide bonds. The van der Waals surface area contributed by atoms with Crippen LogP contribution >= 0.6 is 0 Å². The predicted molar refractivity (Wildman–Crippen MR) is 104 cm³/mol. The number of benzene rings is 1. The first-order valence-corrected chi connectivity index (χ1v) is 9.10. The number of methoxy groups -OCH3 is 1. The normalized spacial score (nSPS) is 10.6. The van der Waals surface area contributed by atoms with Crippen molar-refractivity contribution < 1.29 is 19.1 Å². The van der Waals surface area contributed by atoms with Crippen LogP contribution in [0.4, 0.5) is 0 Å². The predicted octanol–water partition coefficient (Wildman–Crippen LogP) is 3.08. The molecule has 0 spiro atoms. The SMILES string of the molecule is CCOC(=O)c1c(C)c(CCC(=O)NCc2ccc(OC)cc2)n(C)c1C. The van der Waals surface area contributed by atoms with E-state index in [9.17, 15) is 9.59 Å². The van der Waals surface area contributed by atoms with Crippen molar-refractivity contribution in [2.24, 2.45) is 7.05 Å². The Morgan fingerprint density at radius 2 is 1.81 bits per heavy atom. The molecule has 0 aliphatic heterocycles. The van der Waals surface area contributed by atoms with E-state index in [-0.39, 0.29) is 11.9 Å². The number of carbonyl (C=O) groups is 2. The van der Waals surface area contributed by atoms with Gasteiger partial charge >= 0.3 is 5.97 Å². The molecule has 0 atom stereocenters. The van der Waals surface area contributed by atoms with Crippen LogP contribution in [0.1, 0.15) is 46.2 Å². The molecule has 0 aliphatic carbocycles. The summed E-state index contributed by atoms with van der Waals surface area (Å²) >= 11 is 0. The van der Waals surface area contributed by atoms with Crippen LogP contribution in [-0.2, 0) is 29.5 Å². The molecule has 1 aromatic carbocycles. The lowest BCUT2D eigenvalue weighted by Crippen LogP contribution is -2.23. The summed E-state index contributed by atoms with van der Waals surface area (Å²) < 4.78 is 12.2. The van der Waals surface area contributed by atoms with Crippen molar-refractivity contribution in [3.8, 4) is 5.75 Å². The Labute approximate surface area is 160 Å². The minimum atomic E-state index is -0.307. The number of nitrogens with one attached hydrogen (secondary N) is 1. The Bertz CT molecular complexity index is 807. The molecule has 0 saturated heterocycles. The van der Waals surface area contributed by atoms with Crippen molar-refractivity contribution >= 4 is 11.9 Å². The lowest BCUT2D eigenvalue weighted by Gasteiger charge is -2.08. The maximum atomic E-state index is 12.2. The van der Waals surface area contributed by atoms with Crippen LogP contribution in [-0.4, -0.2) is 30.2 Å². The van der Waals surface area contributed by atoms with Gasteiger partial charge in [0.2, 0.25) is 5.91 Å². The molecule has 6 nitrogen and oxygen atoms in total. The zero-order valence-electron chi connectivity index (χ0n) is 16.7. The van der Waals surface area contributed by atoms with Gasteiger partial charge in [0.25, 0.3) is 0 Å². The second kappa shape index (κ2) is 9.26. The van der Waals surface area contributed by atoms with Crippen molar-refractivity contribution in [1.29, 1.82) is 0 Å². The summed E-state index contributed by atoms with van der Waals surface area (Å²) in [7, 11) is 3.53. The molecule has 1 N–H and O–H groups in total. The molecule has 2 aromatic rings. The van der Waals surface area contributed by atoms with Crippen LogP contribution in [0, 0.1) is 13.8 Å². The van der Waals surface area contributed by atoms with Crippen molar-refractivity contribution in [2.75, 3.05) is 13.7 Å². The van der Waals surface area contributed by atoms with Crippen LogP contribution < -0.4 is 10.1 Å². The van der Waals surface area contributed by atoms with E-state index < -0.39 is 0 Å². The zero-order chi connectivity index (χ0) is 20.0. The number of rotatable bonds is 8. The van der Waals surface area contributed by atoms with E-state index in [1.807, 2.05) is 49.7 Å². The minimum Gasteiger partial charge on any atom is -0.497 e. The molecular formula is C21H28N2O4. The highest BCUT2D eigenvalue weighted by atomic mass is 16.5. The van der Waals surface area contributed by atoms with Crippen molar-refractivity contribution in [1.82, 2.24) is 9.88 Å². The molecule has 0 fully saturated rings. The van der Waals surface area contributed by atoms with Gasteiger partial charge in [-0.2, -0.15) is 0 Å². The van der Waals surface area contributed by atoms with Gasteiger partial charge in [0, 0.05) is 31.4 Å². The van der Waals surface area contributed by atoms with E-state index in [0.717, 1.165) is 28.3 Å². The van der Waals surface area contributed by atoms with E-state index in [4.69, 9.17) is 9.47 Å². The number of esters is 1. The lowest BCUT2D eigenvalue weighted by atomic mass is 10.1. The van der Waals surface area contributed by atoms with Gasteiger partial charge in [-0.05, 0) is 50.5 Å². The summed E-state index contributed by atoms with van der Waals surface area (Å²) in [5.74, 6) is 0.456. The van der Waals surface area contributed by atoms with Crippen LogP contribution in [0.5, 0.6) is 5.75 Å². The van der Waals surface area contributed by atoms with E-state index in [1.165, 1.54) is 0 Å². The van der Waals surface area contributed by atoms with Crippen molar-refractivity contribution in [3.63, 3.8) is 0 Å². The average Bonchev–Trinajstić information content (AvgIpc) is 2.87. The highest BCUT2D eigenvalue weighted by molar-refractivity contribution is 5.93. The number of ether oxygens (including phenoxy) is 2. The van der Waals surface area contributed by atoms with Gasteiger partial charge in [-0.1, -0.05) is 12.1 Å². The largest absolute Gasteiger partial charge is 0.497 e. The molecule has 1 heterocycles. The Hall–Kier alpha value is -2.76. The molecule has 146 valence electrons. The minimum absolute atomic E-state index is 0.0262. The maximum absolute atomic E-state index is 12.2. The van der Waals surface area contributed by atoms with E-state index in [1.54, 1.807) is 14.0 Å². The monoisotopic (exact) mass is 372 g/mol. The Morgan fingerprint density at radius 3 is 2.41 bits per heavy atom. The van der Waals surface area contributed by atoms with Gasteiger partial charge in [-0.15, -0.1) is 0 Å². The fraction of sp³-hybridized carbons (Fsp3) is 0.429. The molecule has 6 heteroatoms. The zero-order valence-corrected chi connectivity index (χ0v) is 16.7. The van der Waals surface area contributed by atoms with Gasteiger partial charge < -0.3 is 19.4 Å². The first kappa shape index (κ1) is 20.6. The second-order valence-corrected chi connectivity index (χ2v) is 6.44. The summed E-state index contributed by atoms with van der Waals surface area (Å²) in [6, 6.07) is 7.59. The van der Waals surface area contributed by atoms with Crippen LogP contribution in [0.25, 0.3) is 0 Å². The molecular weight excluding hydrogens is 344 g/mol. The quantitative estimate of drug-likeness (QED) is 0.723. The number of hydrogen-bond acceptors (Lipinski definition) is 4. The number of amides is 1. The smallest absolute Gasteiger partial charge is 0.340 e. The third-order valence-corrected chi connectivity index (χ3v) is 4.79. The summed E-state index contributed by atoms with van der Waals surface area (Å²) in [4.78, 5) is 24.4. The number of hydrogen-bond donors (Lipinski definition) is 1. The second-order valence-electron chi connectivity index (χ2n) is 6.44. The molecule has 0 saturated carbocycles. The number of carbonyl (C=O) groups excluding carboxylic acids is 2. The van der Waals surface area contributed by atoms with Crippen LogP contribution in [0.15, 0.2) is 24.3 Å². The van der Waals surface area contributed by atoms with Gasteiger partial charge in [0.05, 0.1) is 19.3 Å². The number of aromatic nitrogens is 1. The Morgan fingerprint density at radius 1 is 1.15 bits per heavy atom. The summed E-state index contributed by atoms with van der Waals surface area (Å²) in [5, 5.41) is 2.93. The maximum Gasteiger partial charge on any atom is 0.340 e. The summed E-state index contributed by atoms with van der Waals surface area (Å²) in [5.41, 5.74) is 4.35. The van der Waals surface area contributed by atoms with Gasteiger partial charge in [-0.25, -0.2) is 4.79 Å². The molecule has 2 rings (SSSR count). The first-order chi connectivity index (χ1) is 12.9. The Kier molecular flexibility index (Phi) is 7.05. The fourth-order valence-electron chi connectivity index (χ4n) is 3.16. The highest BCUT2D eigenvalue weighted by Crippen LogP contribution is 2.23. The standard InChI is InChI=1S/C21H28N2O4/c1-6-27-21(25)20-14(2)18(23(4)15(20)3)11-12-19(24)22-13-16-7-9-17(26-5)10-8-16/h7-10H,6,11-13H2,1-5H3,(H,22,24). The number of nitrogens with zero attached hydrogens (tertiary/aromatic N) is 1. The van der Waals surface area contributed by atoms with Gasteiger partial charge in [0.15, 0.2) is 0 Å². The first-order valence-electron chi connectivity index (χ1n) is 9.10. The third kappa shape index (κ3) is 4.90. The lowest BCUT2D eigenvalue weighted by molar-refractivity contribution is -0.121. The highest BCUT2D eigenvalue weighted by Gasteiger charge is 2.22. The molecule has 27 heavy (non-hydrogen) atoms. The van der Waals surface area contributed by atoms with E-state index in [2.05, 4.69) is 5.32 Å². The van der Waals surface area contributed by atoms with Crippen LogP contribution in [0.3, 0.4) is 0 Å². The third-order valence-electron chi connectivity index (χ3n) is 4.79. The molecule has 0 aliphatic rings. The van der Waals surface area contributed by atoms with Crippen molar-refractivity contribution in [3.05, 3.63) is 52.3 Å². The summed E-state index contributed by atoms with van der Waals surface area (Å²) in [6.45, 7) is 6.41. The van der Waals surface area contributed by atoms with E-state index in [0.29, 0.717) is 31.6 Å². The fourth-order valence-corrected chi connectivity index (χ4v) is 3.16. The molecule has 0 unspecified atom stereocenters.